The highest BCUT2D eigenvalue weighted by molar-refractivity contribution is 7.20. The van der Waals surface area contributed by atoms with Crippen LogP contribution in [0.2, 0.25) is 0 Å². The zero-order valence-corrected chi connectivity index (χ0v) is 17.1. The molecule has 0 bridgehead atoms. The van der Waals surface area contributed by atoms with E-state index in [-0.39, 0.29) is 5.91 Å². The molecule has 2 saturated carbocycles. The molecule has 1 N–H and O–H groups in total. The number of fused-ring (bicyclic) bond motifs is 2. The van der Waals surface area contributed by atoms with E-state index in [1.165, 1.54) is 11.3 Å². The summed E-state index contributed by atoms with van der Waals surface area (Å²) in [5.74, 6) is 2.57. The van der Waals surface area contributed by atoms with Crippen molar-refractivity contribution in [1.29, 1.82) is 0 Å². The van der Waals surface area contributed by atoms with Crippen LogP contribution < -0.4 is 5.32 Å². The summed E-state index contributed by atoms with van der Waals surface area (Å²) in [6, 6.07) is 5.61. The Kier molecular flexibility index (Phi) is 3.59. The number of benzene rings is 1. The van der Waals surface area contributed by atoms with Crippen LogP contribution in [0, 0.1) is 13.8 Å². The summed E-state index contributed by atoms with van der Waals surface area (Å²) in [5.41, 5.74) is 4.17. The summed E-state index contributed by atoms with van der Waals surface area (Å²) in [5, 5.41) is 4.02. The number of oxazole rings is 1. The van der Waals surface area contributed by atoms with Crippen LogP contribution in [-0.2, 0) is 0 Å². The fourth-order valence-corrected chi connectivity index (χ4v) is 4.95. The molecule has 0 radical (unpaired) electrons. The summed E-state index contributed by atoms with van der Waals surface area (Å²) in [4.78, 5) is 28.6. The minimum Gasteiger partial charge on any atom is -0.440 e. The lowest BCUT2D eigenvalue weighted by Gasteiger charge is -2.04. The van der Waals surface area contributed by atoms with Gasteiger partial charge >= 0.3 is 0 Å². The number of hydrogen-bond donors (Lipinski definition) is 1. The van der Waals surface area contributed by atoms with Crippen LogP contribution in [0.1, 0.15) is 70.2 Å². The molecule has 0 saturated heterocycles. The van der Waals surface area contributed by atoms with Crippen LogP contribution in [0.3, 0.4) is 0 Å². The van der Waals surface area contributed by atoms with E-state index in [1.54, 1.807) is 0 Å². The minimum atomic E-state index is -0.122. The first-order chi connectivity index (χ1) is 14.1. The van der Waals surface area contributed by atoms with Crippen molar-refractivity contribution in [2.24, 2.45) is 0 Å². The normalized spacial score (nSPS) is 16.6. The molecule has 0 unspecified atom stereocenters. The van der Waals surface area contributed by atoms with Crippen LogP contribution >= 0.6 is 11.3 Å². The molecule has 29 heavy (non-hydrogen) atoms. The lowest BCUT2D eigenvalue weighted by molar-refractivity contribution is 0.103. The molecule has 4 aromatic rings. The summed E-state index contributed by atoms with van der Waals surface area (Å²) >= 11 is 1.45. The zero-order chi connectivity index (χ0) is 19.7. The van der Waals surface area contributed by atoms with Gasteiger partial charge in [0.1, 0.15) is 16.2 Å². The Morgan fingerprint density at radius 3 is 2.66 bits per heavy atom. The predicted octanol–water partition coefficient (Wildman–Crippen LogP) is 5.46. The molecule has 0 atom stereocenters. The molecule has 1 amide bonds. The topological polar surface area (TPSA) is 80.9 Å². The molecular formula is C22H20N4O2S. The number of aryl methyl sites for hydroxylation is 2. The van der Waals surface area contributed by atoms with Crippen molar-refractivity contribution in [2.45, 2.75) is 51.4 Å². The van der Waals surface area contributed by atoms with Gasteiger partial charge in [0, 0.05) is 22.9 Å². The van der Waals surface area contributed by atoms with E-state index in [0.29, 0.717) is 16.7 Å². The molecule has 3 aromatic heterocycles. The number of hydrogen-bond acceptors (Lipinski definition) is 6. The van der Waals surface area contributed by atoms with Crippen LogP contribution in [-0.4, -0.2) is 20.9 Å². The van der Waals surface area contributed by atoms with Crippen molar-refractivity contribution in [3.05, 3.63) is 46.0 Å². The highest BCUT2D eigenvalue weighted by Gasteiger charge is 2.30. The Bertz CT molecular complexity index is 1300. The van der Waals surface area contributed by atoms with Crippen molar-refractivity contribution >= 4 is 44.2 Å². The lowest BCUT2D eigenvalue weighted by Crippen LogP contribution is -2.11. The number of thiophene rings is 1. The first-order valence-electron chi connectivity index (χ1n) is 10.1. The molecule has 0 spiro atoms. The van der Waals surface area contributed by atoms with E-state index in [9.17, 15) is 4.79 Å². The predicted molar refractivity (Wildman–Crippen MR) is 113 cm³/mol. The standard InChI is InChI=1S/C22H20N4O2S/c1-10-17-11(2)23-19(12-3-4-12)26-22(17)29-18(10)20(27)24-14-7-8-16-15(9-14)25-21(28-16)13-5-6-13/h7-9,12-13H,3-6H2,1-2H3,(H,24,27). The first-order valence-corrected chi connectivity index (χ1v) is 10.9. The molecule has 0 aliphatic heterocycles. The third kappa shape index (κ3) is 2.92. The SMILES string of the molecule is Cc1nc(C2CC2)nc2sc(C(=O)Nc3ccc4oc(C5CC5)nc4c3)c(C)c12. The summed E-state index contributed by atoms with van der Waals surface area (Å²) in [6.45, 7) is 3.98. The smallest absolute Gasteiger partial charge is 0.266 e. The molecule has 146 valence electrons. The van der Waals surface area contributed by atoms with Gasteiger partial charge in [0.25, 0.3) is 5.91 Å². The number of nitrogens with zero attached hydrogens (tertiary/aromatic N) is 3. The van der Waals surface area contributed by atoms with Crippen LogP contribution in [0.5, 0.6) is 0 Å². The fourth-order valence-electron chi connectivity index (χ4n) is 3.82. The first kappa shape index (κ1) is 17.1. The Balaban J connectivity index is 1.32. The number of rotatable bonds is 4. The Morgan fingerprint density at radius 1 is 1.10 bits per heavy atom. The van der Waals surface area contributed by atoms with E-state index in [0.717, 1.165) is 75.7 Å². The van der Waals surface area contributed by atoms with Crippen molar-refractivity contribution in [2.75, 3.05) is 5.32 Å². The number of nitrogens with one attached hydrogen (secondary N) is 1. The Hall–Kier alpha value is -2.80. The molecule has 2 fully saturated rings. The molecule has 6 rings (SSSR count). The second kappa shape index (κ2) is 6.10. The van der Waals surface area contributed by atoms with Crippen molar-refractivity contribution in [3.63, 3.8) is 0 Å². The van der Waals surface area contributed by atoms with Gasteiger partial charge in [0.15, 0.2) is 11.5 Å². The number of amides is 1. The van der Waals surface area contributed by atoms with Crippen molar-refractivity contribution in [3.8, 4) is 0 Å². The molecule has 2 aliphatic rings. The fraction of sp³-hybridized carbons (Fsp3) is 0.364. The monoisotopic (exact) mass is 404 g/mol. The Labute approximate surface area is 171 Å². The van der Waals surface area contributed by atoms with Gasteiger partial charge < -0.3 is 9.73 Å². The van der Waals surface area contributed by atoms with Gasteiger partial charge in [-0.25, -0.2) is 15.0 Å². The average molecular weight is 404 g/mol. The van der Waals surface area contributed by atoms with Gasteiger partial charge in [0.05, 0.1) is 10.6 Å². The van der Waals surface area contributed by atoms with Gasteiger partial charge in [-0.1, -0.05) is 0 Å². The van der Waals surface area contributed by atoms with Gasteiger partial charge in [0.2, 0.25) is 0 Å². The molecule has 2 aliphatic carbocycles. The van der Waals surface area contributed by atoms with Crippen molar-refractivity contribution < 1.29 is 9.21 Å². The van der Waals surface area contributed by atoms with E-state index in [4.69, 9.17) is 9.40 Å². The van der Waals surface area contributed by atoms with Crippen LogP contribution in [0.25, 0.3) is 21.3 Å². The maximum absolute atomic E-state index is 13.0. The molecule has 7 heteroatoms. The molecule has 6 nitrogen and oxygen atoms in total. The number of aromatic nitrogens is 3. The van der Waals surface area contributed by atoms with E-state index in [2.05, 4.69) is 15.3 Å². The van der Waals surface area contributed by atoms with E-state index < -0.39 is 0 Å². The van der Waals surface area contributed by atoms with Gasteiger partial charge in [-0.05, 0) is 63.3 Å². The number of carbonyl (C=O) groups excluding carboxylic acids is 1. The largest absolute Gasteiger partial charge is 0.440 e. The summed E-state index contributed by atoms with van der Waals surface area (Å²) < 4.78 is 5.81. The summed E-state index contributed by atoms with van der Waals surface area (Å²) in [6.07, 6.45) is 4.62. The zero-order valence-electron chi connectivity index (χ0n) is 16.3. The quantitative estimate of drug-likeness (QED) is 0.489. The molecule has 3 heterocycles. The minimum absolute atomic E-state index is 0.122. The number of carbonyl (C=O) groups is 1. The maximum atomic E-state index is 13.0. The van der Waals surface area contributed by atoms with Gasteiger partial charge in [-0.2, -0.15) is 0 Å². The second-order valence-electron chi connectivity index (χ2n) is 8.14. The third-order valence-corrected chi connectivity index (χ3v) is 6.91. The number of anilines is 1. The second-order valence-corrected chi connectivity index (χ2v) is 9.14. The molecular weight excluding hydrogens is 384 g/mol. The average Bonchev–Trinajstić information content (AvgIpc) is 3.62. The van der Waals surface area contributed by atoms with Crippen LogP contribution in [0.4, 0.5) is 5.69 Å². The van der Waals surface area contributed by atoms with Crippen molar-refractivity contribution in [1.82, 2.24) is 15.0 Å². The molecule has 1 aromatic carbocycles. The lowest BCUT2D eigenvalue weighted by atomic mass is 10.1. The highest BCUT2D eigenvalue weighted by Crippen LogP contribution is 2.41. The van der Waals surface area contributed by atoms with Gasteiger partial charge in [-0.3, -0.25) is 4.79 Å². The Morgan fingerprint density at radius 2 is 1.90 bits per heavy atom. The van der Waals surface area contributed by atoms with Crippen LogP contribution in [0.15, 0.2) is 22.6 Å². The summed E-state index contributed by atoms with van der Waals surface area (Å²) in [7, 11) is 0. The van der Waals surface area contributed by atoms with Gasteiger partial charge in [-0.15, -0.1) is 11.3 Å². The highest BCUT2D eigenvalue weighted by atomic mass is 32.1. The van der Waals surface area contributed by atoms with E-state index in [1.807, 2.05) is 32.0 Å². The maximum Gasteiger partial charge on any atom is 0.266 e. The third-order valence-electron chi connectivity index (χ3n) is 5.73. The van der Waals surface area contributed by atoms with E-state index >= 15 is 0 Å².